The van der Waals surface area contributed by atoms with Crippen LogP contribution in [0.5, 0.6) is 0 Å². The maximum Gasteiger partial charge on any atom is 0.275 e. The molecule has 1 heterocycles. The molecule has 1 amide bonds. The first kappa shape index (κ1) is 18.4. The minimum Gasteiger partial charge on any atom is -0.337 e. The van der Waals surface area contributed by atoms with Crippen molar-refractivity contribution in [3.8, 4) is 0 Å². The summed E-state index contributed by atoms with van der Waals surface area (Å²) in [5.41, 5.74) is 2.01. The highest BCUT2D eigenvalue weighted by Gasteiger charge is 2.10. The number of nitrogens with one attached hydrogen (secondary N) is 2. The Morgan fingerprint density at radius 1 is 1.00 bits per heavy atom. The molecule has 0 unspecified atom stereocenters. The third-order valence-electron chi connectivity index (χ3n) is 3.91. The Kier molecular flexibility index (Phi) is 5.40. The first-order chi connectivity index (χ1) is 12.9. The van der Waals surface area contributed by atoms with E-state index in [4.69, 9.17) is 0 Å². The number of hydrogen-bond donors (Lipinski definition) is 2. The number of carbonyl (C=O) groups is 1. The quantitative estimate of drug-likeness (QED) is 0.674. The van der Waals surface area contributed by atoms with Gasteiger partial charge in [0, 0.05) is 11.8 Å². The Morgan fingerprint density at radius 3 is 2.33 bits per heavy atom. The van der Waals surface area contributed by atoms with Crippen LogP contribution in [0.15, 0.2) is 54.9 Å². The maximum atomic E-state index is 13.6. The largest absolute Gasteiger partial charge is 0.337 e. The number of nitrogens with zero attached hydrogens (tertiary/aromatic N) is 2. The molecule has 2 aromatic carbocycles. The Bertz CT molecular complexity index is 941. The zero-order chi connectivity index (χ0) is 19.4. The van der Waals surface area contributed by atoms with Crippen molar-refractivity contribution in [2.24, 2.45) is 0 Å². The molecular weight excluding hydrogens is 350 g/mol. The van der Waals surface area contributed by atoms with Crippen molar-refractivity contribution in [3.05, 3.63) is 77.8 Å². The molecule has 0 aliphatic carbocycles. The number of carbonyl (C=O) groups excluding carboxylic acids is 1. The minimum atomic E-state index is -0.747. The maximum absolute atomic E-state index is 13.6. The number of hydrogen-bond acceptors (Lipinski definition) is 4. The molecule has 0 saturated heterocycles. The lowest BCUT2D eigenvalue weighted by molar-refractivity contribution is 0.102. The summed E-state index contributed by atoms with van der Waals surface area (Å²) in [6, 6.07) is 10.7. The average Bonchev–Trinajstić information content (AvgIpc) is 2.65. The zero-order valence-corrected chi connectivity index (χ0v) is 14.8. The van der Waals surface area contributed by atoms with Crippen LogP contribution in [-0.4, -0.2) is 15.9 Å². The van der Waals surface area contributed by atoms with Crippen LogP contribution in [-0.2, 0) is 0 Å². The van der Waals surface area contributed by atoms with Crippen LogP contribution >= 0.6 is 0 Å². The van der Waals surface area contributed by atoms with Crippen molar-refractivity contribution >= 4 is 23.1 Å². The second kappa shape index (κ2) is 7.90. The molecule has 7 heteroatoms. The molecule has 0 bridgehead atoms. The number of halogens is 2. The minimum absolute atomic E-state index is 0.0631. The van der Waals surface area contributed by atoms with Crippen LogP contribution in [0.25, 0.3) is 0 Å². The highest BCUT2D eigenvalue weighted by atomic mass is 19.1. The highest BCUT2D eigenvalue weighted by Crippen LogP contribution is 2.20. The highest BCUT2D eigenvalue weighted by molar-refractivity contribution is 6.02. The summed E-state index contributed by atoms with van der Waals surface area (Å²) in [6.07, 6.45) is 2.58. The van der Waals surface area contributed by atoms with Gasteiger partial charge in [0.05, 0.1) is 18.1 Å². The van der Waals surface area contributed by atoms with E-state index in [-0.39, 0.29) is 17.2 Å². The summed E-state index contributed by atoms with van der Waals surface area (Å²) in [5.74, 6) is -1.18. The molecule has 3 aromatic rings. The van der Waals surface area contributed by atoms with Gasteiger partial charge < -0.3 is 10.6 Å². The van der Waals surface area contributed by atoms with Gasteiger partial charge >= 0.3 is 0 Å². The van der Waals surface area contributed by atoms with E-state index in [2.05, 4.69) is 34.4 Å². The third-order valence-corrected chi connectivity index (χ3v) is 3.91. The molecule has 3 rings (SSSR count). The molecule has 5 nitrogen and oxygen atoms in total. The van der Waals surface area contributed by atoms with E-state index in [1.165, 1.54) is 24.0 Å². The van der Waals surface area contributed by atoms with Gasteiger partial charge in [-0.05, 0) is 35.7 Å². The van der Waals surface area contributed by atoms with Gasteiger partial charge in [-0.15, -0.1) is 0 Å². The summed E-state index contributed by atoms with van der Waals surface area (Å²) in [5, 5.41) is 5.43. The lowest BCUT2D eigenvalue weighted by Crippen LogP contribution is -2.14. The summed E-state index contributed by atoms with van der Waals surface area (Å²) in [7, 11) is 0. The van der Waals surface area contributed by atoms with E-state index in [9.17, 15) is 13.6 Å². The number of benzene rings is 2. The number of anilines is 3. The molecule has 0 atom stereocenters. The van der Waals surface area contributed by atoms with Crippen molar-refractivity contribution < 1.29 is 13.6 Å². The van der Waals surface area contributed by atoms with Crippen LogP contribution in [0.3, 0.4) is 0 Å². The SMILES string of the molecule is CC(C)c1ccc(NC(=O)c2cnc(Nc3ccc(F)cc3F)cn2)cc1. The molecule has 0 aliphatic rings. The van der Waals surface area contributed by atoms with E-state index >= 15 is 0 Å². The summed E-state index contributed by atoms with van der Waals surface area (Å²) in [4.78, 5) is 20.3. The van der Waals surface area contributed by atoms with E-state index in [0.29, 0.717) is 11.6 Å². The van der Waals surface area contributed by atoms with Gasteiger partial charge in [0.2, 0.25) is 0 Å². The lowest BCUT2D eigenvalue weighted by Gasteiger charge is -2.09. The first-order valence-corrected chi connectivity index (χ1v) is 8.38. The smallest absolute Gasteiger partial charge is 0.275 e. The van der Waals surface area contributed by atoms with Gasteiger partial charge in [0.1, 0.15) is 23.1 Å². The van der Waals surface area contributed by atoms with Crippen LogP contribution in [0, 0.1) is 11.6 Å². The van der Waals surface area contributed by atoms with Gasteiger partial charge in [0.25, 0.3) is 5.91 Å². The fourth-order valence-corrected chi connectivity index (χ4v) is 2.39. The third kappa shape index (κ3) is 4.63. The molecule has 0 aliphatic heterocycles. The van der Waals surface area contributed by atoms with Crippen molar-refractivity contribution in [3.63, 3.8) is 0 Å². The Labute approximate surface area is 155 Å². The molecule has 0 radical (unpaired) electrons. The van der Waals surface area contributed by atoms with E-state index in [1.807, 2.05) is 24.3 Å². The van der Waals surface area contributed by atoms with Gasteiger partial charge in [-0.1, -0.05) is 26.0 Å². The Morgan fingerprint density at radius 2 is 1.74 bits per heavy atom. The second-order valence-corrected chi connectivity index (χ2v) is 6.27. The molecule has 2 N–H and O–H groups in total. The predicted molar refractivity (Wildman–Crippen MR) is 100 cm³/mol. The normalized spacial score (nSPS) is 10.7. The second-order valence-electron chi connectivity index (χ2n) is 6.27. The monoisotopic (exact) mass is 368 g/mol. The number of rotatable bonds is 5. The first-order valence-electron chi connectivity index (χ1n) is 8.38. The number of aromatic nitrogens is 2. The summed E-state index contributed by atoms with van der Waals surface area (Å²) < 4.78 is 26.6. The van der Waals surface area contributed by atoms with Crippen LogP contribution < -0.4 is 10.6 Å². The molecule has 1 aromatic heterocycles. The van der Waals surface area contributed by atoms with Crippen molar-refractivity contribution in [1.82, 2.24) is 9.97 Å². The van der Waals surface area contributed by atoms with Crippen LogP contribution in [0.2, 0.25) is 0 Å². The molecule has 138 valence electrons. The van der Waals surface area contributed by atoms with Crippen LogP contribution in [0.1, 0.15) is 35.8 Å². The topological polar surface area (TPSA) is 66.9 Å². The fraction of sp³-hybridized carbons (Fsp3) is 0.150. The molecule has 0 saturated carbocycles. The van der Waals surface area contributed by atoms with Gasteiger partial charge in [-0.3, -0.25) is 4.79 Å². The van der Waals surface area contributed by atoms with Crippen molar-refractivity contribution in [2.75, 3.05) is 10.6 Å². The van der Waals surface area contributed by atoms with E-state index in [1.54, 1.807) is 0 Å². The molecule has 27 heavy (non-hydrogen) atoms. The van der Waals surface area contributed by atoms with Crippen molar-refractivity contribution in [2.45, 2.75) is 19.8 Å². The molecule has 0 spiro atoms. The summed E-state index contributed by atoms with van der Waals surface area (Å²) >= 11 is 0. The van der Waals surface area contributed by atoms with E-state index in [0.717, 1.165) is 12.1 Å². The number of amides is 1. The van der Waals surface area contributed by atoms with Gasteiger partial charge in [-0.25, -0.2) is 18.7 Å². The van der Waals surface area contributed by atoms with E-state index < -0.39 is 17.5 Å². The van der Waals surface area contributed by atoms with Crippen LogP contribution in [0.4, 0.5) is 26.0 Å². The lowest BCUT2D eigenvalue weighted by atomic mass is 10.0. The zero-order valence-electron chi connectivity index (χ0n) is 14.8. The Hall–Kier alpha value is -3.35. The Balaban J connectivity index is 1.66. The van der Waals surface area contributed by atoms with Gasteiger partial charge in [0.15, 0.2) is 0 Å². The molecular formula is C20H18F2N4O. The van der Waals surface area contributed by atoms with Gasteiger partial charge in [-0.2, -0.15) is 0 Å². The fourth-order valence-electron chi connectivity index (χ4n) is 2.39. The summed E-state index contributed by atoms with van der Waals surface area (Å²) in [6.45, 7) is 4.19. The van der Waals surface area contributed by atoms with Crippen molar-refractivity contribution in [1.29, 1.82) is 0 Å². The predicted octanol–water partition coefficient (Wildman–Crippen LogP) is 4.87. The molecule has 0 fully saturated rings. The average molecular weight is 368 g/mol. The standard InChI is InChI=1S/C20H18F2N4O/c1-12(2)13-3-6-15(7-4-13)25-20(27)18-10-24-19(11-23-18)26-17-8-5-14(21)9-16(17)22/h3-12H,1-2H3,(H,24,26)(H,25,27).